The summed E-state index contributed by atoms with van der Waals surface area (Å²) in [6.07, 6.45) is 3.05. The first kappa shape index (κ1) is 19.6. The molecule has 120 valence electrons. The molecule has 5 nitrogen and oxygen atoms in total. The molecule has 0 radical (unpaired) electrons. The average molecular weight is 309 g/mol. The Hall–Kier alpha value is -0.360. The fourth-order valence-corrected chi connectivity index (χ4v) is 2.72. The van der Waals surface area contributed by atoms with Crippen LogP contribution in [-0.2, 0) is 9.53 Å². The number of aliphatic hydroxyl groups is 1. The van der Waals surface area contributed by atoms with Gasteiger partial charge in [-0.2, -0.15) is 0 Å². The molecule has 1 rings (SSSR count). The molecule has 0 aliphatic carbocycles. The van der Waals surface area contributed by atoms with Crippen LogP contribution in [0.2, 0.25) is 0 Å². The van der Waals surface area contributed by atoms with Crippen LogP contribution >= 0.6 is 12.4 Å². The molecule has 1 aliphatic heterocycles. The summed E-state index contributed by atoms with van der Waals surface area (Å²) in [6.45, 7) is 6.38. The van der Waals surface area contributed by atoms with Crippen molar-refractivity contribution < 1.29 is 14.6 Å². The lowest BCUT2D eigenvalue weighted by Gasteiger charge is -2.32. The van der Waals surface area contributed by atoms with E-state index in [0.29, 0.717) is 32.7 Å². The van der Waals surface area contributed by atoms with Gasteiger partial charge in [0.15, 0.2) is 0 Å². The topological polar surface area (TPSA) is 84.6 Å². The summed E-state index contributed by atoms with van der Waals surface area (Å²) < 4.78 is 5.42. The molecule has 0 aromatic carbocycles. The normalized spacial score (nSPS) is 22.4. The van der Waals surface area contributed by atoms with Crippen LogP contribution in [0.5, 0.6) is 0 Å². The van der Waals surface area contributed by atoms with E-state index in [2.05, 4.69) is 5.32 Å². The Morgan fingerprint density at radius 1 is 1.45 bits per heavy atom. The van der Waals surface area contributed by atoms with E-state index in [-0.39, 0.29) is 30.3 Å². The van der Waals surface area contributed by atoms with Crippen molar-refractivity contribution in [3.63, 3.8) is 0 Å². The molecular formula is C14H29ClN2O3. The fraction of sp³-hybridized carbons (Fsp3) is 0.929. The van der Waals surface area contributed by atoms with Crippen LogP contribution in [-0.4, -0.2) is 43.9 Å². The zero-order chi connectivity index (χ0) is 14.4. The number of halogens is 1. The lowest BCUT2D eigenvalue weighted by molar-refractivity contribution is -0.131. The van der Waals surface area contributed by atoms with Gasteiger partial charge >= 0.3 is 0 Å². The van der Waals surface area contributed by atoms with E-state index in [1.165, 1.54) is 0 Å². The van der Waals surface area contributed by atoms with E-state index in [1.807, 2.05) is 13.8 Å². The molecule has 0 spiro atoms. The second-order valence-electron chi connectivity index (χ2n) is 5.65. The van der Waals surface area contributed by atoms with Gasteiger partial charge in [0, 0.05) is 31.7 Å². The number of aliphatic hydroxyl groups excluding tert-OH is 1. The summed E-state index contributed by atoms with van der Waals surface area (Å²) in [5.41, 5.74) is 5.22. The smallest absolute Gasteiger partial charge is 0.227 e. The molecule has 6 heteroatoms. The highest BCUT2D eigenvalue weighted by Gasteiger charge is 2.38. The molecule has 0 saturated carbocycles. The van der Waals surface area contributed by atoms with Crippen LogP contribution in [0.3, 0.4) is 0 Å². The Balaban J connectivity index is 0.00000361. The van der Waals surface area contributed by atoms with Crippen molar-refractivity contribution in [3.05, 3.63) is 0 Å². The van der Waals surface area contributed by atoms with Crippen LogP contribution in [0.1, 0.15) is 39.5 Å². The minimum Gasteiger partial charge on any atom is -0.396 e. The zero-order valence-electron chi connectivity index (χ0n) is 12.6. The van der Waals surface area contributed by atoms with Gasteiger partial charge in [-0.25, -0.2) is 0 Å². The fourth-order valence-electron chi connectivity index (χ4n) is 2.72. The predicted octanol–water partition coefficient (Wildman–Crippen LogP) is 1.08. The molecule has 0 aromatic heterocycles. The number of nitrogens with two attached hydrogens (primary N) is 1. The van der Waals surface area contributed by atoms with Crippen LogP contribution in [0.15, 0.2) is 0 Å². The molecule has 1 heterocycles. The third-order valence-electron chi connectivity index (χ3n) is 4.68. The standard InChI is InChI=1S/C14H28N2O3.ClH/c1-3-14(4-2,9-15)12(18)16-10-13(5-7-17)6-8-19-11-13;/h17H,3-11,15H2,1-2H3,(H,16,18);1H. The molecule has 1 aliphatic rings. The van der Waals surface area contributed by atoms with Gasteiger partial charge < -0.3 is 20.9 Å². The number of nitrogens with one attached hydrogen (secondary N) is 1. The Morgan fingerprint density at radius 3 is 2.50 bits per heavy atom. The van der Waals surface area contributed by atoms with Gasteiger partial charge in [-0.05, 0) is 25.7 Å². The van der Waals surface area contributed by atoms with Gasteiger partial charge in [0.1, 0.15) is 0 Å². The highest BCUT2D eigenvalue weighted by atomic mass is 35.5. The minimum atomic E-state index is -0.458. The van der Waals surface area contributed by atoms with E-state index in [0.717, 1.165) is 19.3 Å². The summed E-state index contributed by atoms with van der Waals surface area (Å²) in [5.74, 6) is 0.0317. The van der Waals surface area contributed by atoms with Crippen molar-refractivity contribution in [2.75, 3.05) is 32.9 Å². The number of hydrogen-bond acceptors (Lipinski definition) is 4. The highest BCUT2D eigenvalue weighted by molar-refractivity contribution is 5.85. The number of carbonyl (C=O) groups excluding carboxylic acids is 1. The number of carbonyl (C=O) groups is 1. The molecule has 1 atom stereocenters. The van der Waals surface area contributed by atoms with Crippen molar-refractivity contribution in [1.29, 1.82) is 0 Å². The lowest BCUT2D eigenvalue weighted by Crippen LogP contribution is -2.48. The third kappa shape index (κ3) is 4.32. The molecule has 20 heavy (non-hydrogen) atoms. The predicted molar refractivity (Wildman–Crippen MR) is 81.9 cm³/mol. The second-order valence-corrected chi connectivity index (χ2v) is 5.65. The summed E-state index contributed by atoms with van der Waals surface area (Å²) in [7, 11) is 0. The molecule has 1 amide bonds. The van der Waals surface area contributed by atoms with E-state index in [1.54, 1.807) is 0 Å². The third-order valence-corrected chi connectivity index (χ3v) is 4.68. The summed E-state index contributed by atoms with van der Waals surface area (Å²) in [4.78, 5) is 12.4. The first-order chi connectivity index (χ1) is 9.08. The molecule has 1 fully saturated rings. The van der Waals surface area contributed by atoms with Gasteiger partial charge in [-0.15, -0.1) is 12.4 Å². The van der Waals surface area contributed by atoms with Gasteiger partial charge in [-0.1, -0.05) is 13.8 Å². The van der Waals surface area contributed by atoms with E-state index in [4.69, 9.17) is 15.6 Å². The van der Waals surface area contributed by atoms with Gasteiger partial charge in [0.05, 0.1) is 12.0 Å². The van der Waals surface area contributed by atoms with E-state index in [9.17, 15) is 4.79 Å². The number of amides is 1. The monoisotopic (exact) mass is 308 g/mol. The van der Waals surface area contributed by atoms with E-state index >= 15 is 0 Å². The molecular weight excluding hydrogens is 280 g/mol. The first-order valence-corrected chi connectivity index (χ1v) is 7.25. The zero-order valence-corrected chi connectivity index (χ0v) is 13.4. The Labute approximate surface area is 128 Å². The largest absolute Gasteiger partial charge is 0.396 e. The summed E-state index contributed by atoms with van der Waals surface area (Å²) in [6, 6.07) is 0. The number of hydrogen-bond donors (Lipinski definition) is 3. The molecule has 1 unspecified atom stereocenters. The second kappa shape index (κ2) is 8.82. The minimum absolute atomic E-state index is 0. The van der Waals surface area contributed by atoms with Crippen molar-refractivity contribution in [2.45, 2.75) is 39.5 Å². The SMILES string of the molecule is CCC(CC)(CN)C(=O)NCC1(CCO)CCOC1.Cl. The Morgan fingerprint density at radius 2 is 2.10 bits per heavy atom. The quantitative estimate of drug-likeness (QED) is 0.626. The Bertz CT molecular complexity index is 282. The Kier molecular flexibility index (Phi) is 8.66. The van der Waals surface area contributed by atoms with Crippen molar-refractivity contribution >= 4 is 18.3 Å². The maximum atomic E-state index is 12.4. The molecule has 0 bridgehead atoms. The number of ether oxygens (including phenoxy) is 1. The van der Waals surface area contributed by atoms with Gasteiger partial charge in [0.2, 0.25) is 5.91 Å². The van der Waals surface area contributed by atoms with E-state index < -0.39 is 5.41 Å². The van der Waals surface area contributed by atoms with Gasteiger partial charge in [-0.3, -0.25) is 4.79 Å². The van der Waals surface area contributed by atoms with Crippen molar-refractivity contribution in [1.82, 2.24) is 5.32 Å². The lowest BCUT2D eigenvalue weighted by atomic mass is 9.80. The van der Waals surface area contributed by atoms with Crippen molar-refractivity contribution in [2.24, 2.45) is 16.6 Å². The molecule has 0 aromatic rings. The van der Waals surface area contributed by atoms with Crippen LogP contribution in [0.4, 0.5) is 0 Å². The van der Waals surface area contributed by atoms with Crippen LogP contribution < -0.4 is 11.1 Å². The average Bonchev–Trinajstić information content (AvgIpc) is 2.89. The van der Waals surface area contributed by atoms with Crippen LogP contribution in [0, 0.1) is 10.8 Å². The summed E-state index contributed by atoms with van der Waals surface area (Å²) in [5, 5.41) is 12.2. The van der Waals surface area contributed by atoms with Gasteiger partial charge in [0.25, 0.3) is 0 Å². The summed E-state index contributed by atoms with van der Waals surface area (Å²) >= 11 is 0. The maximum absolute atomic E-state index is 12.4. The van der Waals surface area contributed by atoms with Crippen molar-refractivity contribution in [3.8, 4) is 0 Å². The molecule has 4 N–H and O–H groups in total. The van der Waals surface area contributed by atoms with Crippen LogP contribution in [0.25, 0.3) is 0 Å². The highest BCUT2D eigenvalue weighted by Crippen LogP contribution is 2.32. The maximum Gasteiger partial charge on any atom is 0.227 e. The first-order valence-electron chi connectivity index (χ1n) is 7.25. The molecule has 1 saturated heterocycles. The number of rotatable bonds is 8.